The molecule has 4 rings (SSSR count). The van der Waals surface area contributed by atoms with Gasteiger partial charge in [-0.15, -0.1) is 0 Å². The molecule has 30 heavy (non-hydrogen) atoms. The number of aromatic nitrogens is 4. The number of halogens is 4. The molecule has 0 aliphatic carbocycles. The van der Waals surface area contributed by atoms with Gasteiger partial charge in [0, 0.05) is 17.3 Å². The average Bonchev–Trinajstić information content (AvgIpc) is 3.36. The monoisotopic (exact) mass is 431 g/mol. The minimum absolute atomic E-state index is 0.0854. The molecule has 1 amide bonds. The van der Waals surface area contributed by atoms with Gasteiger partial charge in [0.15, 0.2) is 11.5 Å². The van der Waals surface area contributed by atoms with Crippen molar-refractivity contribution in [3.05, 3.63) is 89.3 Å². The SMILES string of the molecule is O=C(Nc1ccn(-c2ccccc2)n1)c1cnn(-c2cccc(Cl)c2)c1C(F)(F)F. The number of alkyl halides is 3. The van der Waals surface area contributed by atoms with Crippen molar-refractivity contribution in [1.82, 2.24) is 19.6 Å². The first-order valence-electron chi connectivity index (χ1n) is 8.66. The highest BCUT2D eigenvalue weighted by Crippen LogP contribution is 2.34. The smallest absolute Gasteiger partial charge is 0.305 e. The highest BCUT2D eigenvalue weighted by Gasteiger charge is 2.40. The van der Waals surface area contributed by atoms with Crippen LogP contribution in [0.4, 0.5) is 19.0 Å². The molecular weight excluding hydrogens is 419 g/mol. The fraction of sp³-hybridized carbons (Fsp3) is 0.0500. The number of nitrogens with one attached hydrogen (secondary N) is 1. The van der Waals surface area contributed by atoms with Crippen LogP contribution in [0.5, 0.6) is 0 Å². The summed E-state index contributed by atoms with van der Waals surface area (Å²) >= 11 is 5.88. The van der Waals surface area contributed by atoms with Gasteiger partial charge in [-0.25, -0.2) is 9.36 Å². The predicted molar refractivity (Wildman–Crippen MR) is 105 cm³/mol. The van der Waals surface area contributed by atoms with Crippen molar-refractivity contribution >= 4 is 23.3 Å². The van der Waals surface area contributed by atoms with E-state index in [1.54, 1.807) is 18.3 Å². The minimum atomic E-state index is -4.82. The van der Waals surface area contributed by atoms with Crippen LogP contribution in [-0.2, 0) is 6.18 Å². The van der Waals surface area contributed by atoms with Crippen LogP contribution < -0.4 is 5.32 Å². The van der Waals surface area contributed by atoms with E-state index in [4.69, 9.17) is 11.6 Å². The molecule has 0 saturated carbocycles. The second kappa shape index (κ2) is 7.68. The second-order valence-corrected chi connectivity index (χ2v) is 6.67. The lowest BCUT2D eigenvalue weighted by Gasteiger charge is -2.12. The number of carbonyl (C=O) groups excluding carboxylic acids is 1. The fourth-order valence-electron chi connectivity index (χ4n) is 2.89. The molecule has 2 heterocycles. The third kappa shape index (κ3) is 3.92. The molecule has 0 bridgehead atoms. The standard InChI is InChI=1S/C20H13ClF3N5O/c21-13-5-4-8-15(11-13)29-18(20(22,23)24)16(12-25-29)19(30)26-17-9-10-28(27-17)14-6-2-1-3-7-14/h1-12H,(H,26,27,30). The summed E-state index contributed by atoms with van der Waals surface area (Å²) in [4.78, 5) is 12.6. The van der Waals surface area contributed by atoms with Gasteiger partial charge in [0.05, 0.1) is 23.1 Å². The van der Waals surface area contributed by atoms with Crippen LogP contribution in [0.25, 0.3) is 11.4 Å². The quantitative estimate of drug-likeness (QED) is 0.495. The zero-order valence-electron chi connectivity index (χ0n) is 15.1. The number of nitrogens with zero attached hydrogens (tertiary/aromatic N) is 4. The molecular formula is C20H13ClF3N5O. The predicted octanol–water partition coefficient (Wildman–Crippen LogP) is 4.98. The molecule has 2 aromatic carbocycles. The summed E-state index contributed by atoms with van der Waals surface area (Å²) in [5.74, 6) is -0.874. The number of hydrogen-bond acceptors (Lipinski definition) is 3. The van der Waals surface area contributed by atoms with Gasteiger partial charge < -0.3 is 5.32 Å². The zero-order chi connectivity index (χ0) is 21.3. The van der Waals surface area contributed by atoms with Crippen LogP contribution >= 0.6 is 11.6 Å². The molecule has 2 aromatic heterocycles. The number of benzene rings is 2. The molecule has 10 heteroatoms. The fourth-order valence-corrected chi connectivity index (χ4v) is 3.07. The molecule has 4 aromatic rings. The zero-order valence-corrected chi connectivity index (χ0v) is 15.9. The summed E-state index contributed by atoms with van der Waals surface area (Å²) in [7, 11) is 0. The van der Waals surface area contributed by atoms with Crippen molar-refractivity contribution in [2.24, 2.45) is 0 Å². The Kier molecular flexibility index (Phi) is 5.04. The van der Waals surface area contributed by atoms with Crippen LogP contribution in [0.2, 0.25) is 5.02 Å². The number of amides is 1. The Morgan fingerprint density at radius 2 is 1.73 bits per heavy atom. The van der Waals surface area contributed by atoms with E-state index in [1.807, 2.05) is 18.2 Å². The van der Waals surface area contributed by atoms with Crippen molar-refractivity contribution in [2.75, 3.05) is 5.32 Å². The van der Waals surface area contributed by atoms with Crippen molar-refractivity contribution in [2.45, 2.75) is 6.18 Å². The maximum absolute atomic E-state index is 13.8. The number of rotatable bonds is 4. The number of carbonyl (C=O) groups is 1. The number of anilines is 1. The van der Waals surface area contributed by atoms with E-state index in [2.05, 4.69) is 15.5 Å². The van der Waals surface area contributed by atoms with Crippen LogP contribution in [0.1, 0.15) is 16.1 Å². The van der Waals surface area contributed by atoms with Crippen molar-refractivity contribution < 1.29 is 18.0 Å². The Morgan fingerprint density at radius 3 is 2.43 bits per heavy atom. The minimum Gasteiger partial charge on any atom is -0.305 e. The van der Waals surface area contributed by atoms with Gasteiger partial charge in [-0.1, -0.05) is 35.9 Å². The number of hydrogen-bond donors (Lipinski definition) is 1. The first-order valence-corrected chi connectivity index (χ1v) is 9.04. The van der Waals surface area contributed by atoms with E-state index < -0.39 is 23.3 Å². The topological polar surface area (TPSA) is 64.7 Å². The molecule has 0 atom stereocenters. The van der Waals surface area contributed by atoms with Crippen LogP contribution in [0.15, 0.2) is 73.1 Å². The highest BCUT2D eigenvalue weighted by molar-refractivity contribution is 6.30. The number of para-hydroxylation sites is 1. The maximum atomic E-state index is 13.8. The lowest BCUT2D eigenvalue weighted by Crippen LogP contribution is -2.21. The largest absolute Gasteiger partial charge is 0.434 e. The van der Waals surface area contributed by atoms with Crippen molar-refractivity contribution in [3.8, 4) is 11.4 Å². The highest BCUT2D eigenvalue weighted by atomic mass is 35.5. The van der Waals surface area contributed by atoms with Gasteiger partial charge in [-0.05, 0) is 30.3 Å². The molecule has 6 nitrogen and oxygen atoms in total. The Labute approximate surface area is 173 Å². The summed E-state index contributed by atoms with van der Waals surface area (Å²) < 4.78 is 43.4. The molecule has 0 saturated heterocycles. The van der Waals surface area contributed by atoms with Gasteiger partial charge in [-0.3, -0.25) is 4.79 Å². The van der Waals surface area contributed by atoms with Gasteiger partial charge in [0.2, 0.25) is 0 Å². The molecule has 0 fully saturated rings. The Bertz CT molecular complexity index is 1200. The molecule has 0 radical (unpaired) electrons. The third-order valence-corrected chi connectivity index (χ3v) is 4.42. The van der Waals surface area contributed by atoms with Gasteiger partial charge >= 0.3 is 6.18 Å². The van der Waals surface area contributed by atoms with Gasteiger partial charge in [-0.2, -0.15) is 23.4 Å². The molecule has 0 aliphatic rings. The van der Waals surface area contributed by atoms with Crippen LogP contribution in [0.3, 0.4) is 0 Å². The average molecular weight is 432 g/mol. The molecule has 152 valence electrons. The van der Waals surface area contributed by atoms with Crippen LogP contribution in [0, 0.1) is 0 Å². The summed E-state index contributed by atoms with van der Waals surface area (Å²) in [5.41, 5.74) is -1.01. The van der Waals surface area contributed by atoms with Gasteiger partial charge in [0.1, 0.15) is 0 Å². The van der Waals surface area contributed by atoms with E-state index in [-0.39, 0.29) is 16.5 Å². The normalized spacial score (nSPS) is 11.5. The summed E-state index contributed by atoms with van der Waals surface area (Å²) in [6.45, 7) is 0. The van der Waals surface area contributed by atoms with Crippen molar-refractivity contribution in [1.29, 1.82) is 0 Å². The van der Waals surface area contributed by atoms with E-state index in [0.29, 0.717) is 4.68 Å². The van der Waals surface area contributed by atoms with Crippen LogP contribution in [-0.4, -0.2) is 25.5 Å². The summed E-state index contributed by atoms with van der Waals surface area (Å²) in [5, 5.41) is 10.6. The first-order chi connectivity index (χ1) is 14.3. The maximum Gasteiger partial charge on any atom is 0.434 e. The van der Waals surface area contributed by atoms with E-state index in [9.17, 15) is 18.0 Å². The van der Waals surface area contributed by atoms with E-state index >= 15 is 0 Å². The van der Waals surface area contributed by atoms with Gasteiger partial charge in [0.25, 0.3) is 5.91 Å². The lowest BCUT2D eigenvalue weighted by atomic mass is 10.2. The summed E-state index contributed by atoms with van der Waals surface area (Å²) in [6.07, 6.45) is -2.37. The second-order valence-electron chi connectivity index (χ2n) is 6.23. The molecule has 0 spiro atoms. The molecule has 1 N–H and O–H groups in total. The molecule has 0 aliphatic heterocycles. The summed E-state index contributed by atoms with van der Waals surface area (Å²) in [6, 6.07) is 16.3. The molecule has 0 unspecified atom stereocenters. The Balaban J connectivity index is 1.66. The van der Waals surface area contributed by atoms with E-state index in [0.717, 1.165) is 11.9 Å². The Hall–Kier alpha value is -3.59. The third-order valence-electron chi connectivity index (χ3n) is 4.19. The lowest BCUT2D eigenvalue weighted by molar-refractivity contribution is -0.143. The first kappa shape index (κ1) is 19.7. The Morgan fingerprint density at radius 1 is 1.00 bits per heavy atom. The van der Waals surface area contributed by atoms with E-state index in [1.165, 1.54) is 35.0 Å². The van der Waals surface area contributed by atoms with Crippen molar-refractivity contribution in [3.63, 3.8) is 0 Å².